The minimum atomic E-state index is 0.737. The molecule has 0 aliphatic heterocycles. The molecule has 0 unspecified atom stereocenters. The van der Waals surface area contributed by atoms with E-state index in [1.165, 1.54) is 17.5 Å². The van der Waals surface area contributed by atoms with Crippen molar-refractivity contribution in [2.75, 3.05) is 30.4 Å². The first kappa shape index (κ1) is 11.7. The Kier molecular flexibility index (Phi) is 3.07. The number of nitrogens with zero attached hydrogens (tertiary/aromatic N) is 3. The van der Waals surface area contributed by atoms with Gasteiger partial charge in [-0.1, -0.05) is 0 Å². The van der Waals surface area contributed by atoms with Crippen LogP contribution in [0.2, 0.25) is 0 Å². The van der Waals surface area contributed by atoms with Crippen molar-refractivity contribution in [3.63, 3.8) is 0 Å². The van der Waals surface area contributed by atoms with Crippen LogP contribution in [0.4, 0.5) is 11.8 Å². The molecule has 2 heterocycles. The van der Waals surface area contributed by atoms with Gasteiger partial charge in [0.1, 0.15) is 0 Å². The summed E-state index contributed by atoms with van der Waals surface area (Å²) in [6.07, 6.45) is 2.73. The van der Waals surface area contributed by atoms with Crippen molar-refractivity contribution in [1.29, 1.82) is 0 Å². The van der Waals surface area contributed by atoms with E-state index in [4.69, 9.17) is 0 Å². The summed E-state index contributed by atoms with van der Waals surface area (Å²) in [5.41, 5.74) is 1.04. The van der Waals surface area contributed by atoms with Gasteiger partial charge in [-0.2, -0.15) is 4.98 Å². The predicted octanol–water partition coefficient (Wildman–Crippen LogP) is 2.97. The fourth-order valence-electron chi connectivity index (χ4n) is 2.12. The van der Waals surface area contributed by atoms with E-state index in [1.807, 2.05) is 0 Å². The molecule has 0 saturated heterocycles. The number of hydrogen-bond acceptors (Lipinski definition) is 5. The van der Waals surface area contributed by atoms with Crippen LogP contribution < -0.4 is 10.2 Å². The van der Waals surface area contributed by atoms with Crippen LogP contribution in [0, 0.1) is 5.92 Å². The average molecular weight is 262 g/mol. The molecule has 5 heteroatoms. The largest absolute Gasteiger partial charge is 0.358 e. The van der Waals surface area contributed by atoms with Gasteiger partial charge < -0.3 is 10.2 Å². The van der Waals surface area contributed by atoms with E-state index in [0.717, 1.165) is 36.3 Å². The summed E-state index contributed by atoms with van der Waals surface area (Å²) in [7, 11) is 2.13. The highest BCUT2D eigenvalue weighted by atomic mass is 32.1. The first-order valence-corrected chi connectivity index (χ1v) is 7.36. The van der Waals surface area contributed by atoms with Gasteiger partial charge >= 0.3 is 0 Å². The topological polar surface area (TPSA) is 41.1 Å². The second-order valence-corrected chi connectivity index (χ2v) is 5.78. The number of thiophene rings is 1. The monoisotopic (exact) mass is 262 g/mol. The molecule has 1 fully saturated rings. The number of aromatic nitrogens is 2. The third kappa shape index (κ3) is 2.27. The summed E-state index contributed by atoms with van der Waals surface area (Å²) in [5.74, 6) is 2.67. The lowest BCUT2D eigenvalue weighted by Crippen LogP contribution is -2.21. The van der Waals surface area contributed by atoms with Crippen LogP contribution >= 0.6 is 11.3 Å². The number of anilines is 2. The molecule has 3 rings (SSSR count). The van der Waals surface area contributed by atoms with E-state index in [2.05, 4.69) is 45.6 Å². The van der Waals surface area contributed by atoms with Gasteiger partial charge in [-0.15, -0.1) is 11.3 Å². The van der Waals surface area contributed by atoms with E-state index >= 15 is 0 Å². The Morgan fingerprint density at radius 1 is 1.44 bits per heavy atom. The van der Waals surface area contributed by atoms with Crippen LogP contribution in [0.15, 0.2) is 11.4 Å². The molecule has 0 aromatic carbocycles. The van der Waals surface area contributed by atoms with Gasteiger partial charge in [0.2, 0.25) is 5.95 Å². The van der Waals surface area contributed by atoms with Gasteiger partial charge in [0.05, 0.1) is 10.2 Å². The Labute approximate surface area is 111 Å². The Morgan fingerprint density at radius 3 is 3.00 bits per heavy atom. The van der Waals surface area contributed by atoms with Crippen molar-refractivity contribution in [3.05, 3.63) is 11.4 Å². The molecule has 1 aliphatic rings. The summed E-state index contributed by atoms with van der Waals surface area (Å²) in [4.78, 5) is 11.5. The van der Waals surface area contributed by atoms with Crippen molar-refractivity contribution in [3.8, 4) is 0 Å². The van der Waals surface area contributed by atoms with Gasteiger partial charge in [-0.3, -0.25) is 0 Å². The Hall–Kier alpha value is -1.36. The van der Waals surface area contributed by atoms with E-state index in [9.17, 15) is 0 Å². The molecule has 1 saturated carbocycles. The zero-order valence-corrected chi connectivity index (χ0v) is 11.6. The predicted molar refractivity (Wildman–Crippen MR) is 77.6 cm³/mol. The molecular formula is C13H18N4S. The molecule has 1 aliphatic carbocycles. The SMILES string of the molecule is CCNc1nc(N(C)CC2CC2)c2sccc2n1. The number of rotatable bonds is 5. The summed E-state index contributed by atoms with van der Waals surface area (Å²) in [5, 5.41) is 5.30. The summed E-state index contributed by atoms with van der Waals surface area (Å²) in [6.45, 7) is 4.02. The Bertz CT molecular complexity index is 547. The van der Waals surface area contributed by atoms with Crippen molar-refractivity contribution < 1.29 is 0 Å². The van der Waals surface area contributed by atoms with Gasteiger partial charge in [0.15, 0.2) is 5.82 Å². The summed E-state index contributed by atoms with van der Waals surface area (Å²) >= 11 is 1.72. The third-order valence-corrected chi connectivity index (χ3v) is 4.11. The van der Waals surface area contributed by atoms with E-state index in [1.54, 1.807) is 11.3 Å². The van der Waals surface area contributed by atoms with Crippen LogP contribution in [0.5, 0.6) is 0 Å². The summed E-state index contributed by atoms with van der Waals surface area (Å²) in [6, 6.07) is 2.07. The normalized spacial score (nSPS) is 15.0. The lowest BCUT2D eigenvalue weighted by atomic mass is 10.3. The molecule has 1 N–H and O–H groups in total. The Balaban J connectivity index is 1.97. The maximum absolute atomic E-state index is 4.66. The van der Waals surface area contributed by atoms with Crippen LogP contribution in [0.1, 0.15) is 19.8 Å². The fraction of sp³-hybridized carbons (Fsp3) is 0.538. The molecule has 0 radical (unpaired) electrons. The molecule has 4 nitrogen and oxygen atoms in total. The van der Waals surface area contributed by atoms with E-state index in [-0.39, 0.29) is 0 Å². The van der Waals surface area contributed by atoms with Gasteiger partial charge in [0.25, 0.3) is 0 Å². The standard InChI is InChI=1S/C13H18N4S/c1-3-14-13-15-10-6-7-18-11(10)12(16-13)17(2)8-9-4-5-9/h6-7,9H,3-5,8H2,1-2H3,(H,14,15,16). The molecule has 2 aromatic rings. The van der Waals surface area contributed by atoms with Crippen LogP contribution in [0.3, 0.4) is 0 Å². The third-order valence-electron chi connectivity index (χ3n) is 3.21. The zero-order valence-electron chi connectivity index (χ0n) is 10.8. The maximum atomic E-state index is 4.66. The van der Waals surface area contributed by atoms with Crippen molar-refractivity contribution >= 4 is 33.3 Å². The van der Waals surface area contributed by atoms with Gasteiger partial charge in [-0.25, -0.2) is 4.98 Å². The van der Waals surface area contributed by atoms with E-state index in [0.29, 0.717) is 0 Å². The molecule has 0 atom stereocenters. The maximum Gasteiger partial charge on any atom is 0.225 e. The molecule has 18 heavy (non-hydrogen) atoms. The number of hydrogen-bond donors (Lipinski definition) is 1. The number of fused-ring (bicyclic) bond motifs is 1. The minimum Gasteiger partial charge on any atom is -0.358 e. The first-order chi connectivity index (χ1) is 8.78. The molecule has 96 valence electrons. The molecular weight excluding hydrogens is 244 g/mol. The molecule has 0 bridgehead atoms. The van der Waals surface area contributed by atoms with Gasteiger partial charge in [0, 0.05) is 20.1 Å². The quantitative estimate of drug-likeness (QED) is 0.899. The minimum absolute atomic E-state index is 0.737. The van der Waals surface area contributed by atoms with Crippen molar-refractivity contribution in [1.82, 2.24) is 9.97 Å². The van der Waals surface area contributed by atoms with Gasteiger partial charge in [-0.05, 0) is 37.1 Å². The second-order valence-electron chi connectivity index (χ2n) is 4.86. The highest BCUT2D eigenvalue weighted by Crippen LogP contribution is 2.34. The molecule has 2 aromatic heterocycles. The van der Waals surface area contributed by atoms with Crippen LogP contribution in [-0.4, -0.2) is 30.1 Å². The number of nitrogens with one attached hydrogen (secondary N) is 1. The van der Waals surface area contributed by atoms with Crippen LogP contribution in [-0.2, 0) is 0 Å². The second kappa shape index (κ2) is 4.72. The lowest BCUT2D eigenvalue weighted by Gasteiger charge is -2.19. The van der Waals surface area contributed by atoms with Crippen molar-refractivity contribution in [2.24, 2.45) is 5.92 Å². The van der Waals surface area contributed by atoms with Crippen LogP contribution in [0.25, 0.3) is 10.2 Å². The highest BCUT2D eigenvalue weighted by molar-refractivity contribution is 7.17. The molecule has 0 amide bonds. The smallest absolute Gasteiger partial charge is 0.225 e. The highest BCUT2D eigenvalue weighted by Gasteiger charge is 2.24. The first-order valence-electron chi connectivity index (χ1n) is 6.48. The zero-order chi connectivity index (χ0) is 12.5. The fourth-order valence-corrected chi connectivity index (χ4v) is 2.99. The average Bonchev–Trinajstić information content (AvgIpc) is 3.04. The lowest BCUT2D eigenvalue weighted by molar-refractivity contribution is 0.780. The molecule has 0 spiro atoms. The van der Waals surface area contributed by atoms with Crippen molar-refractivity contribution in [2.45, 2.75) is 19.8 Å². The van der Waals surface area contributed by atoms with E-state index < -0.39 is 0 Å². The summed E-state index contributed by atoms with van der Waals surface area (Å²) < 4.78 is 1.19. The Morgan fingerprint density at radius 2 is 2.28 bits per heavy atom.